The predicted octanol–water partition coefficient (Wildman–Crippen LogP) is 15.4. The predicted molar refractivity (Wildman–Crippen MR) is 236 cm³/mol. The van der Waals surface area contributed by atoms with Crippen LogP contribution in [0.1, 0.15) is 26.3 Å². The Morgan fingerprint density at radius 1 is 0.291 bits per heavy atom. The van der Waals surface area contributed by atoms with E-state index in [1.54, 1.807) is 0 Å². The fourth-order valence-electron chi connectivity index (χ4n) is 8.21. The van der Waals surface area contributed by atoms with E-state index < -0.39 is 0 Å². The standard InChI is InChI=1S/C54H41N/c1-54(2,3)46-23-16-40(17-24-46)41-14-15-42-32-50-52(34-44(42)30-41)51-33-43-22-29-49(31-45(43)35-53(50)51)55(47-25-18-38(19-26-47)36-10-6-4-7-11-36)48-27-20-39(21-28-48)37-12-8-5-9-13-37/h4-35H,1-3H3. The highest BCUT2D eigenvalue weighted by molar-refractivity contribution is 6.12. The Morgan fingerprint density at radius 2 is 0.655 bits per heavy atom. The molecule has 9 aromatic rings. The van der Waals surface area contributed by atoms with Crippen LogP contribution in [-0.2, 0) is 5.41 Å². The minimum Gasteiger partial charge on any atom is -0.310 e. The van der Waals surface area contributed by atoms with Gasteiger partial charge in [-0.1, -0.05) is 148 Å². The first kappa shape index (κ1) is 32.9. The molecule has 0 fully saturated rings. The summed E-state index contributed by atoms with van der Waals surface area (Å²) >= 11 is 0. The van der Waals surface area contributed by atoms with Crippen molar-refractivity contribution in [1.29, 1.82) is 0 Å². The van der Waals surface area contributed by atoms with Crippen LogP contribution < -0.4 is 4.90 Å². The van der Waals surface area contributed by atoms with E-state index in [2.05, 4.69) is 220 Å². The molecule has 1 aliphatic carbocycles. The molecule has 0 atom stereocenters. The summed E-state index contributed by atoms with van der Waals surface area (Å²) in [5.41, 5.74) is 17.6. The van der Waals surface area contributed by atoms with Crippen LogP contribution in [0.15, 0.2) is 194 Å². The molecule has 1 heteroatoms. The smallest absolute Gasteiger partial charge is 0.0468 e. The molecule has 1 nitrogen and oxygen atoms in total. The highest BCUT2D eigenvalue weighted by Gasteiger charge is 2.24. The Hall–Kier alpha value is -6.70. The van der Waals surface area contributed by atoms with Gasteiger partial charge in [0.05, 0.1) is 0 Å². The summed E-state index contributed by atoms with van der Waals surface area (Å²) in [7, 11) is 0. The Labute approximate surface area is 323 Å². The van der Waals surface area contributed by atoms with E-state index in [0.29, 0.717) is 0 Å². The topological polar surface area (TPSA) is 3.24 Å². The molecule has 0 heterocycles. The number of hydrogen-bond acceptors (Lipinski definition) is 1. The lowest BCUT2D eigenvalue weighted by molar-refractivity contribution is 0.590. The average molecular weight is 704 g/mol. The third-order valence-electron chi connectivity index (χ3n) is 11.3. The molecule has 0 unspecified atom stereocenters. The fourth-order valence-corrected chi connectivity index (χ4v) is 8.21. The summed E-state index contributed by atoms with van der Waals surface area (Å²) in [5, 5.41) is 5.05. The van der Waals surface area contributed by atoms with Crippen LogP contribution in [-0.4, -0.2) is 0 Å². The summed E-state index contributed by atoms with van der Waals surface area (Å²) < 4.78 is 0. The molecule has 0 aromatic heterocycles. The molecule has 0 aliphatic heterocycles. The van der Waals surface area contributed by atoms with E-state index in [1.807, 2.05) is 0 Å². The zero-order valence-electron chi connectivity index (χ0n) is 31.4. The summed E-state index contributed by atoms with van der Waals surface area (Å²) in [6.07, 6.45) is 0. The van der Waals surface area contributed by atoms with Crippen LogP contribution >= 0.6 is 0 Å². The highest BCUT2D eigenvalue weighted by Crippen LogP contribution is 2.51. The van der Waals surface area contributed by atoms with Crippen LogP contribution in [0.3, 0.4) is 0 Å². The zero-order valence-corrected chi connectivity index (χ0v) is 31.4. The number of nitrogens with zero attached hydrogens (tertiary/aromatic N) is 1. The van der Waals surface area contributed by atoms with E-state index in [0.717, 1.165) is 17.1 Å². The van der Waals surface area contributed by atoms with Gasteiger partial charge in [-0.2, -0.15) is 0 Å². The lowest BCUT2D eigenvalue weighted by atomic mass is 9.77. The van der Waals surface area contributed by atoms with E-state index in [-0.39, 0.29) is 5.41 Å². The van der Waals surface area contributed by atoms with Gasteiger partial charge in [-0.25, -0.2) is 0 Å². The monoisotopic (exact) mass is 703 g/mol. The Balaban J connectivity index is 1.01. The minimum absolute atomic E-state index is 0.146. The van der Waals surface area contributed by atoms with E-state index in [9.17, 15) is 0 Å². The van der Waals surface area contributed by atoms with E-state index in [1.165, 1.54) is 82.7 Å². The maximum atomic E-state index is 2.39. The van der Waals surface area contributed by atoms with Gasteiger partial charge >= 0.3 is 0 Å². The van der Waals surface area contributed by atoms with Gasteiger partial charge in [-0.3, -0.25) is 0 Å². The lowest BCUT2D eigenvalue weighted by Crippen LogP contribution is -2.10. The van der Waals surface area contributed by atoms with Gasteiger partial charge in [0.1, 0.15) is 0 Å². The first-order chi connectivity index (χ1) is 26.9. The van der Waals surface area contributed by atoms with Gasteiger partial charge in [0.2, 0.25) is 0 Å². The van der Waals surface area contributed by atoms with Gasteiger partial charge in [0.25, 0.3) is 0 Å². The van der Waals surface area contributed by atoms with Gasteiger partial charge in [-0.05, 0) is 155 Å². The van der Waals surface area contributed by atoms with Crippen molar-refractivity contribution in [2.45, 2.75) is 26.2 Å². The van der Waals surface area contributed by atoms with E-state index in [4.69, 9.17) is 0 Å². The molecule has 0 bridgehead atoms. The third-order valence-corrected chi connectivity index (χ3v) is 11.3. The highest BCUT2D eigenvalue weighted by atomic mass is 15.1. The molecular formula is C54H41N. The fraction of sp³-hybridized carbons (Fsp3) is 0.0741. The van der Waals surface area contributed by atoms with Crippen LogP contribution in [0, 0.1) is 0 Å². The number of fused-ring (bicyclic) bond motifs is 6. The van der Waals surface area contributed by atoms with Gasteiger partial charge in [-0.15, -0.1) is 0 Å². The number of anilines is 3. The van der Waals surface area contributed by atoms with Gasteiger partial charge < -0.3 is 4.90 Å². The third kappa shape index (κ3) is 5.99. The van der Waals surface area contributed by atoms with Crippen LogP contribution in [0.2, 0.25) is 0 Å². The summed E-state index contributed by atoms with van der Waals surface area (Å²) in [5.74, 6) is 0. The normalized spacial score (nSPS) is 11.9. The Kier molecular flexibility index (Phi) is 7.78. The quantitative estimate of drug-likeness (QED) is 0.167. The zero-order chi connectivity index (χ0) is 37.1. The molecule has 9 aromatic carbocycles. The second-order valence-corrected chi connectivity index (χ2v) is 15.9. The lowest BCUT2D eigenvalue weighted by Gasteiger charge is -2.28. The molecule has 0 radical (unpaired) electrons. The van der Waals surface area contributed by atoms with Crippen LogP contribution in [0.5, 0.6) is 0 Å². The van der Waals surface area contributed by atoms with Crippen molar-refractivity contribution in [3.63, 3.8) is 0 Å². The molecule has 0 amide bonds. The van der Waals surface area contributed by atoms with E-state index >= 15 is 0 Å². The summed E-state index contributed by atoms with van der Waals surface area (Å²) in [4.78, 5) is 2.37. The van der Waals surface area contributed by atoms with Crippen molar-refractivity contribution >= 4 is 38.6 Å². The SMILES string of the molecule is CC(C)(C)c1ccc(-c2ccc3cc4c(cc3c2)-c2cc3ccc(N(c5ccc(-c6ccccc6)cc5)c5ccc(-c6ccccc6)cc5)cc3cc2-4)cc1. The molecule has 0 N–H and O–H groups in total. The largest absolute Gasteiger partial charge is 0.310 e. The summed E-state index contributed by atoms with van der Waals surface area (Å²) in [6, 6.07) is 71.4. The average Bonchev–Trinajstić information content (AvgIpc) is 3.23. The Bertz CT molecular complexity index is 2760. The number of hydrogen-bond donors (Lipinski definition) is 0. The molecule has 262 valence electrons. The molecule has 0 saturated carbocycles. The molecule has 0 spiro atoms. The van der Waals surface area contributed by atoms with Crippen molar-refractivity contribution in [2.24, 2.45) is 0 Å². The summed E-state index contributed by atoms with van der Waals surface area (Å²) in [6.45, 7) is 6.80. The maximum absolute atomic E-state index is 2.39. The molecular weight excluding hydrogens is 663 g/mol. The maximum Gasteiger partial charge on any atom is 0.0468 e. The second kappa shape index (κ2) is 13.0. The van der Waals surface area contributed by atoms with Crippen LogP contribution in [0.25, 0.3) is 77.2 Å². The van der Waals surface area contributed by atoms with Crippen LogP contribution in [0.4, 0.5) is 17.1 Å². The van der Waals surface area contributed by atoms with Gasteiger partial charge in [0, 0.05) is 17.1 Å². The molecule has 1 aliphatic rings. The van der Waals surface area contributed by atoms with Crippen molar-refractivity contribution in [1.82, 2.24) is 0 Å². The first-order valence-corrected chi connectivity index (χ1v) is 19.2. The number of rotatable bonds is 6. The minimum atomic E-state index is 0.146. The van der Waals surface area contributed by atoms with Gasteiger partial charge in [0.15, 0.2) is 0 Å². The van der Waals surface area contributed by atoms with Crippen molar-refractivity contribution < 1.29 is 0 Å². The van der Waals surface area contributed by atoms with Crippen molar-refractivity contribution in [3.8, 4) is 55.6 Å². The van der Waals surface area contributed by atoms with Crippen molar-refractivity contribution in [3.05, 3.63) is 200 Å². The molecule has 55 heavy (non-hydrogen) atoms. The van der Waals surface area contributed by atoms with Crippen molar-refractivity contribution in [2.75, 3.05) is 4.90 Å². The number of benzene rings is 9. The molecule has 10 rings (SSSR count). The second-order valence-electron chi connectivity index (χ2n) is 15.9. The first-order valence-electron chi connectivity index (χ1n) is 19.2. The molecule has 0 saturated heterocycles. The Morgan fingerprint density at radius 3 is 1.15 bits per heavy atom.